The summed E-state index contributed by atoms with van der Waals surface area (Å²) in [6, 6.07) is 7.32. The number of hydrogen-bond acceptors (Lipinski definition) is 8. The van der Waals surface area contributed by atoms with Crippen LogP contribution in [0.25, 0.3) is 11.4 Å². The van der Waals surface area contributed by atoms with Crippen molar-refractivity contribution in [1.29, 1.82) is 0 Å². The van der Waals surface area contributed by atoms with Crippen LogP contribution in [-0.2, 0) is 6.54 Å². The minimum Gasteiger partial charge on any atom is -0.493 e. The molecule has 0 amide bonds. The minimum atomic E-state index is 0.220. The largest absolute Gasteiger partial charge is 0.493 e. The third-order valence-electron chi connectivity index (χ3n) is 4.23. The molecule has 0 spiro atoms. The molecule has 0 saturated carbocycles. The maximum absolute atomic E-state index is 5.43. The van der Waals surface area contributed by atoms with Gasteiger partial charge in [0, 0.05) is 10.0 Å². The van der Waals surface area contributed by atoms with Crippen LogP contribution in [0.5, 0.6) is 28.7 Å². The molecule has 0 atom stereocenters. The van der Waals surface area contributed by atoms with E-state index in [9.17, 15) is 0 Å². The van der Waals surface area contributed by atoms with E-state index in [-0.39, 0.29) is 6.79 Å². The van der Waals surface area contributed by atoms with E-state index in [1.807, 2.05) is 12.1 Å². The Morgan fingerprint density at radius 2 is 1.68 bits per heavy atom. The van der Waals surface area contributed by atoms with Gasteiger partial charge in [0.15, 0.2) is 23.0 Å². The van der Waals surface area contributed by atoms with Crippen molar-refractivity contribution in [1.82, 2.24) is 20.2 Å². The molecular formula is C18H17BrN4O5. The van der Waals surface area contributed by atoms with Crippen LogP contribution in [0.4, 0.5) is 0 Å². The number of fused-ring (bicyclic) bond motifs is 1. The van der Waals surface area contributed by atoms with Crippen LogP contribution in [0, 0.1) is 0 Å². The molecule has 2 heterocycles. The van der Waals surface area contributed by atoms with Gasteiger partial charge in [0.05, 0.1) is 27.9 Å². The van der Waals surface area contributed by atoms with Crippen LogP contribution >= 0.6 is 15.9 Å². The molecule has 2 aromatic carbocycles. The number of tetrazole rings is 1. The predicted octanol–water partition coefficient (Wildman–Crippen LogP) is 2.91. The second-order valence-corrected chi connectivity index (χ2v) is 6.71. The molecule has 1 aliphatic rings. The number of halogens is 1. The number of hydrogen-bond donors (Lipinski definition) is 0. The van der Waals surface area contributed by atoms with Crippen LogP contribution in [0.3, 0.4) is 0 Å². The Balaban J connectivity index is 1.63. The number of rotatable bonds is 6. The maximum Gasteiger partial charge on any atom is 0.231 e. The highest BCUT2D eigenvalue weighted by atomic mass is 79.9. The van der Waals surface area contributed by atoms with Gasteiger partial charge < -0.3 is 23.7 Å². The van der Waals surface area contributed by atoms with Gasteiger partial charge in [0.2, 0.25) is 18.4 Å². The summed E-state index contributed by atoms with van der Waals surface area (Å²) in [6.45, 7) is 0.632. The summed E-state index contributed by atoms with van der Waals surface area (Å²) >= 11 is 3.54. The summed E-state index contributed by atoms with van der Waals surface area (Å²) in [7, 11) is 4.67. The lowest BCUT2D eigenvalue weighted by Gasteiger charge is -2.12. The van der Waals surface area contributed by atoms with Crippen LogP contribution in [-0.4, -0.2) is 48.3 Å². The van der Waals surface area contributed by atoms with Crippen molar-refractivity contribution < 1.29 is 23.7 Å². The van der Waals surface area contributed by atoms with Gasteiger partial charge in [-0.15, -0.1) is 10.2 Å². The average Bonchev–Trinajstić information content (AvgIpc) is 3.36. The third-order valence-corrected chi connectivity index (χ3v) is 4.97. The van der Waals surface area contributed by atoms with E-state index in [2.05, 4.69) is 31.3 Å². The standard InChI is InChI=1S/C18H17BrN4O5/c1-24-15-4-10(5-16(25-2)17(15)26-3)18-20-22-23(21-18)8-11-6-13-14(7-12(11)19)28-9-27-13/h4-7H,8-9H2,1-3H3. The molecule has 3 aromatic rings. The molecule has 10 heteroatoms. The van der Waals surface area contributed by atoms with E-state index in [0.29, 0.717) is 46.7 Å². The van der Waals surface area contributed by atoms with Gasteiger partial charge in [-0.1, -0.05) is 15.9 Å². The van der Waals surface area contributed by atoms with Gasteiger partial charge in [-0.3, -0.25) is 0 Å². The number of ether oxygens (including phenoxy) is 5. The highest BCUT2D eigenvalue weighted by Crippen LogP contribution is 2.40. The van der Waals surface area contributed by atoms with E-state index >= 15 is 0 Å². The Bertz CT molecular complexity index is 998. The second kappa shape index (κ2) is 7.55. The molecule has 4 rings (SSSR count). The molecule has 9 nitrogen and oxygen atoms in total. The second-order valence-electron chi connectivity index (χ2n) is 5.85. The fourth-order valence-electron chi connectivity index (χ4n) is 2.87. The van der Waals surface area contributed by atoms with E-state index in [1.165, 1.54) is 4.80 Å². The molecule has 146 valence electrons. The van der Waals surface area contributed by atoms with E-state index in [4.69, 9.17) is 23.7 Å². The van der Waals surface area contributed by atoms with Crippen molar-refractivity contribution in [2.24, 2.45) is 0 Å². The first-order valence-corrected chi connectivity index (χ1v) is 9.08. The van der Waals surface area contributed by atoms with Gasteiger partial charge in [-0.25, -0.2) is 0 Å². The number of nitrogens with zero attached hydrogens (tertiary/aromatic N) is 4. The molecule has 0 saturated heterocycles. The van der Waals surface area contributed by atoms with Crippen molar-refractivity contribution in [2.75, 3.05) is 28.1 Å². The Morgan fingerprint density at radius 1 is 1.00 bits per heavy atom. The van der Waals surface area contributed by atoms with Crippen molar-refractivity contribution in [3.05, 3.63) is 34.3 Å². The Kier molecular flexibility index (Phi) is 4.95. The Labute approximate surface area is 169 Å². The van der Waals surface area contributed by atoms with Gasteiger partial charge >= 0.3 is 0 Å². The lowest BCUT2D eigenvalue weighted by atomic mass is 10.1. The molecule has 0 bridgehead atoms. The summed E-state index contributed by atoms with van der Waals surface area (Å²) in [5.41, 5.74) is 1.64. The van der Waals surface area contributed by atoms with Crippen LogP contribution in [0.15, 0.2) is 28.7 Å². The molecule has 0 fully saturated rings. The van der Waals surface area contributed by atoms with Gasteiger partial charge in [-0.05, 0) is 35.0 Å². The molecule has 0 unspecified atom stereocenters. The minimum absolute atomic E-state index is 0.220. The molecule has 0 radical (unpaired) electrons. The van der Waals surface area contributed by atoms with Crippen LogP contribution in [0.1, 0.15) is 5.56 Å². The molecule has 1 aliphatic heterocycles. The highest BCUT2D eigenvalue weighted by molar-refractivity contribution is 9.10. The quantitative estimate of drug-likeness (QED) is 0.568. The van der Waals surface area contributed by atoms with Crippen molar-refractivity contribution in [3.63, 3.8) is 0 Å². The fraction of sp³-hybridized carbons (Fsp3) is 0.278. The van der Waals surface area contributed by atoms with Gasteiger partial charge in [0.1, 0.15) is 0 Å². The van der Waals surface area contributed by atoms with Crippen molar-refractivity contribution >= 4 is 15.9 Å². The number of benzene rings is 2. The summed E-state index contributed by atoms with van der Waals surface area (Å²) in [5.74, 6) is 3.39. The average molecular weight is 449 g/mol. The topological polar surface area (TPSA) is 89.8 Å². The zero-order valence-corrected chi connectivity index (χ0v) is 17.0. The van der Waals surface area contributed by atoms with Crippen LogP contribution in [0.2, 0.25) is 0 Å². The van der Waals surface area contributed by atoms with Crippen molar-refractivity contribution in [3.8, 4) is 40.1 Å². The maximum atomic E-state index is 5.43. The van der Waals surface area contributed by atoms with Gasteiger partial charge in [0.25, 0.3) is 0 Å². The first-order chi connectivity index (χ1) is 13.6. The monoisotopic (exact) mass is 448 g/mol. The van der Waals surface area contributed by atoms with Gasteiger partial charge in [-0.2, -0.15) is 4.80 Å². The van der Waals surface area contributed by atoms with Crippen LogP contribution < -0.4 is 23.7 Å². The summed E-state index contributed by atoms with van der Waals surface area (Å²) < 4.78 is 27.8. The molecule has 0 aliphatic carbocycles. The highest BCUT2D eigenvalue weighted by Gasteiger charge is 2.19. The van der Waals surface area contributed by atoms with Crippen molar-refractivity contribution in [2.45, 2.75) is 6.54 Å². The molecular weight excluding hydrogens is 432 g/mol. The summed E-state index contributed by atoms with van der Waals surface area (Å²) in [5, 5.41) is 12.8. The van der Waals surface area contributed by atoms with E-state index in [0.717, 1.165) is 10.0 Å². The summed E-state index contributed by atoms with van der Waals surface area (Å²) in [4.78, 5) is 1.50. The Hall–Kier alpha value is -3.01. The lowest BCUT2D eigenvalue weighted by molar-refractivity contribution is 0.174. The lowest BCUT2D eigenvalue weighted by Crippen LogP contribution is -2.05. The first kappa shape index (κ1) is 18.4. The zero-order chi connectivity index (χ0) is 19.7. The number of aromatic nitrogens is 4. The van der Waals surface area contributed by atoms with E-state index in [1.54, 1.807) is 33.5 Å². The normalized spacial score (nSPS) is 12.1. The molecule has 1 aromatic heterocycles. The Morgan fingerprint density at radius 3 is 2.32 bits per heavy atom. The smallest absolute Gasteiger partial charge is 0.231 e. The zero-order valence-electron chi connectivity index (χ0n) is 15.4. The SMILES string of the molecule is COc1cc(-c2nnn(Cc3cc4c(cc3Br)OCO4)n2)cc(OC)c1OC. The first-order valence-electron chi connectivity index (χ1n) is 8.29. The molecule has 0 N–H and O–H groups in total. The van der Waals surface area contributed by atoms with E-state index < -0.39 is 0 Å². The molecule has 28 heavy (non-hydrogen) atoms. The summed E-state index contributed by atoms with van der Waals surface area (Å²) in [6.07, 6.45) is 0. The number of methoxy groups -OCH3 is 3. The fourth-order valence-corrected chi connectivity index (χ4v) is 3.32. The third kappa shape index (κ3) is 3.31. The predicted molar refractivity (Wildman–Crippen MR) is 102 cm³/mol.